The number of pyridine rings is 2. The molecule has 3 N–H and O–H groups in total. The molecule has 2 heterocycles. The molecule has 0 spiro atoms. The summed E-state index contributed by atoms with van der Waals surface area (Å²) in [5.74, 6) is 0.665. The minimum atomic E-state index is 0.625. The number of hydrogen-bond donors (Lipinski definition) is 2. The molecule has 0 aliphatic rings. The largest absolute Gasteiger partial charge is 0.396 e. The minimum absolute atomic E-state index is 0.625. The lowest BCUT2D eigenvalue weighted by Gasteiger charge is -2.08. The Balaban J connectivity index is 1.78. The van der Waals surface area contributed by atoms with Crippen molar-refractivity contribution in [1.82, 2.24) is 9.97 Å². The van der Waals surface area contributed by atoms with Gasteiger partial charge in [0.1, 0.15) is 0 Å². The summed E-state index contributed by atoms with van der Waals surface area (Å²) < 4.78 is 0. The zero-order chi connectivity index (χ0) is 15.2. The Morgan fingerprint density at radius 1 is 0.864 bits per heavy atom. The lowest BCUT2D eigenvalue weighted by atomic mass is 10.1. The highest BCUT2D eigenvalue weighted by atomic mass is 15.0. The Labute approximate surface area is 129 Å². The molecule has 0 bridgehead atoms. The number of nitrogen functional groups attached to an aromatic ring is 1. The standard InChI is InChI=1S/C18H16N4/c19-17-5-2-10-21-18(17)22-16-4-1-3-15(13-16)7-6-14-8-11-20-12-9-14/h1-13H,19H2,(H,21,22)/b7-6+. The number of hydrogen-bond acceptors (Lipinski definition) is 4. The lowest BCUT2D eigenvalue weighted by Crippen LogP contribution is -1.98. The van der Waals surface area contributed by atoms with Crippen LogP contribution in [0.15, 0.2) is 67.1 Å². The van der Waals surface area contributed by atoms with Crippen LogP contribution in [0.5, 0.6) is 0 Å². The summed E-state index contributed by atoms with van der Waals surface area (Å²) in [4.78, 5) is 8.24. The maximum Gasteiger partial charge on any atom is 0.153 e. The Bertz CT molecular complexity index is 782. The first-order chi connectivity index (χ1) is 10.8. The first-order valence-corrected chi connectivity index (χ1v) is 6.97. The van der Waals surface area contributed by atoms with E-state index in [0.717, 1.165) is 16.8 Å². The summed E-state index contributed by atoms with van der Waals surface area (Å²) in [6.07, 6.45) is 9.38. The highest BCUT2D eigenvalue weighted by Crippen LogP contribution is 2.21. The second-order valence-corrected chi connectivity index (χ2v) is 4.81. The van der Waals surface area contributed by atoms with Crippen molar-refractivity contribution in [3.8, 4) is 0 Å². The van der Waals surface area contributed by atoms with Gasteiger partial charge in [0.15, 0.2) is 5.82 Å². The number of nitrogens with two attached hydrogens (primary N) is 1. The molecular weight excluding hydrogens is 272 g/mol. The molecule has 1 aromatic carbocycles. The molecule has 0 atom stereocenters. The summed E-state index contributed by atoms with van der Waals surface area (Å²) in [6, 6.07) is 15.6. The maximum atomic E-state index is 5.90. The Morgan fingerprint density at radius 3 is 2.50 bits per heavy atom. The van der Waals surface area contributed by atoms with E-state index in [1.165, 1.54) is 0 Å². The van der Waals surface area contributed by atoms with E-state index in [9.17, 15) is 0 Å². The van der Waals surface area contributed by atoms with Crippen LogP contribution in [0.2, 0.25) is 0 Å². The van der Waals surface area contributed by atoms with Gasteiger partial charge in [-0.05, 0) is 47.5 Å². The molecule has 3 rings (SSSR count). The summed E-state index contributed by atoms with van der Waals surface area (Å²) in [6.45, 7) is 0. The molecule has 0 unspecified atom stereocenters. The summed E-state index contributed by atoms with van der Waals surface area (Å²) in [7, 11) is 0. The lowest BCUT2D eigenvalue weighted by molar-refractivity contribution is 1.31. The minimum Gasteiger partial charge on any atom is -0.396 e. The quantitative estimate of drug-likeness (QED) is 0.762. The molecule has 3 aromatic rings. The number of benzene rings is 1. The van der Waals surface area contributed by atoms with E-state index in [2.05, 4.69) is 27.4 Å². The fourth-order valence-corrected chi connectivity index (χ4v) is 2.05. The molecular formula is C18H16N4. The van der Waals surface area contributed by atoms with Gasteiger partial charge in [-0.15, -0.1) is 0 Å². The third kappa shape index (κ3) is 3.49. The molecule has 0 aliphatic heterocycles. The third-order valence-electron chi connectivity index (χ3n) is 3.16. The van der Waals surface area contributed by atoms with Crippen LogP contribution in [0, 0.1) is 0 Å². The van der Waals surface area contributed by atoms with E-state index in [1.54, 1.807) is 18.6 Å². The van der Waals surface area contributed by atoms with Gasteiger partial charge in [-0.2, -0.15) is 0 Å². The van der Waals surface area contributed by atoms with Crippen LogP contribution in [-0.4, -0.2) is 9.97 Å². The van der Waals surface area contributed by atoms with Gasteiger partial charge in [0.2, 0.25) is 0 Å². The highest BCUT2D eigenvalue weighted by Gasteiger charge is 2.00. The van der Waals surface area contributed by atoms with E-state index in [0.29, 0.717) is 11.5 Å². The van der Waals surface area contributed by atoms with E-state index < -0.39 is 0 Å². The van der Waals surface area contributed by atoms with Crippen molar-refractivity contribution in [3.05, 3.63) is 78.2 Å². The Hall–Kier alpha value is -3.14. The second-order valence-electron chi connectivity index (χ2n) is 4.81. The number of aromatic nitrogens is 2. The Morgan fingerprint density at radius 2 is 1.68 bits per heavy atom. The highest BCUT2D eigenvalue weighted by molar-refractivity contribution is 5.73. The third-order valence-corrected chi connectivity index (χ3v) is 3.16. The number of nitrogens with one attached hydrogen (secondary N) is 1. The monoisotopic (exact) mass is 288 g/mol. The van der Waals surface area contributed by atoms with Crippen LogP contribution in [0.1, 0.15) is 11.1 Å². The molecule has 0 saturated heterocycles. The zero-order valence-corrected chi connectivity index (χ0v) is 12.0. The van der Waals surface area contributed by atoms with Gasteiger partial charge in [-0.1, -0.05) is 24.3 Å². The van der Waals surface area contributed by atoms with Crippen molar-refractivity contribution in [1.29, 1.82) is 0 Å². The van der Waals surface area contributed by atoms with Crippen LogP contribution in [0.4, 0.5) is 17.2 Å². The first kappa shape index (κ1) is 13.8. The molecule has 0 saturated carbocycles. The average Bonchev–Trinajstić information content (AvgIpc) is 2.57. The molecule has 22 heavy (non-hydrogen) atoms. The van der Waals surface area contributed by atoms with Crippen molar-refractivity contribution >= 4 is 29.3 Å². The number of anilines is 3. The van der Waals surface area contributed by atoms with Gasteiger partial charge in [0.25, 0.3) is 0 Å². The molecule has 4 nitrogen and oxygen atoms in total. The Kier molecular flexibility index (Phi) is 4.11. The SMILES string of the molecule is Nc1cccnc1Nc1cccc(/C=C/c2ccncc2)c1. The predicted octanol–water partition coefficient (Wildman–Crippen LogP) is 3.97. The summed E-state index contributed by atoms with van der Waals surface area (Å²) >= 11 is 0. The molecule has 4 heteroatoms. The fraction of sp³-hybridized carbons (Fsp3) is 0. The normalized spacial score (nSPS) is 10.7. The van der Waals surface area contributed by atoms with Crippen LogP contribution in [-0.2, 0) is 0 Å². The van der Waals surface area contributed by atoms with Crippen LogP contribution < -0.4 is 11.1 Å². The van der Waals surface area contributed by atoms with Crippen molar-refractivity contribution in [2.75, 3.05) is 11.1 Å². The first-order valence-electron chi connectivity index (χ1n) is 6.97. The van der Waals surface area contributed by atoms with E-state index >= 15 is 0 Å². The molecule has 0 amide bonds. The van der Waals surface area contributed by atoms with Crippen molar-refractivity contribution in [3.63, 3.8) is 0 Å². The van der Waals surface area contributed by atoms with Gasteiger partial charge in [-0.25, -0.2) is 4.98 Å². The van der Waals surface area contributed by atoms with Gasteiger partial charge >= 0.3 is 0 Å². The van der Waals surface area contributed by atoms with Crippen LogP contribution in [0.3, 0.4) is 0 Å². The smallest absolute Gasteiger partial charge is 0.153 e. The van der Waals surface area contributed by atoms with E-state index in [4.69, 9.17) is 5.73 Å². The number of nitrogens with zero attached hydrogens (tertiary/aromatic N) is 2. The van der Waals surface area contributed by atoms with Crippen molar-refractivity contribution < 1.29 is 0 Å². The van der Waals surface area contributed by atoms with Crippen LogP contribution in [0.25, 0.3) is 12.2 Å². The van der Waals surface area contributed by atoms with Crippen LogP contribution >= 0.6 is 0 Å². The number of rotatable bonds is 4. The second kappa shape index (κ2) is 6.54. The maximum absolute atomic E-state index is 5.90. The van der Waals surface area contributed by atoms with Gasteiger partial charge in [-0.3, -0.25) is 4.98 Å². The van der Waals surface area contributed by atoms with Crippen molar-refractivity contribution in [2.24, 2.45) is 0 Å². The molecule has 0 aliphatic carbocycles. The van der Waals surface area contributed by atoms with E-state index in [-0.39, 0.29) is 0 Å². The van der Waals surface area contributed by atoms with Gasteiger partial charge in [0.05, 0.1) is 5.69 Å². The molecule has 0 radical (unpaired) electrons. The zero-order valence-electron chi connectivity index (χ0n) is 12.0. The summed E-state index contributed by atoms with van der Waals surface area (Å²) in [5, 5.41) is 3.23. The molecule has 108 valence electrons. The van der Waals surface area contributed by atoms with E-state index in [1.807, 2.05) is 48.5 Å². The van der Waals surface area contributed by atoms with Gasteiger partial charge < -0.3 is 11.1 Å². The van der Waals surface area contributed by atoms with Gasteiger partial charge in [0, 0.05) is 24.3 Å². The topological polar surface area (TPSA) is 63.8 Å². The average molecular weight is 288 g/mol. The van der Waals surface area contributed by atoms with Crippen molar-refractivity contribution in [2.45, 2.75) is 0 Å². The fourth-order valence-electron chi connectivity index (χ4n) is 2.05. The molecule has 0 fully saturated rings. The molecule has 2 aromatic heterocycles. The predicted molar refractivity (Wildman–Crippen MR) is 91.5 cm³/mol. The summed E-state index contributed by atoms with van der Waals surface area (Å²) in [5.41, 5.74) is 9.68.